The molecule has 0 unspecified atom stereocenters. The lowest BCUT2D eigenvalue weighted by Crippen LogP contribution is -2.01. The number of hydrogen-bond acceptors (Lipinski definition) is 1. The SMILES string of the molecule is C[C@H](C(=O)S)c1ccc2c(c1)[nH]c1ccc(Cl)cc12. The monoisotopic (exact) mass is 289 g/mol. The summed E-state index contributed by atoms with van der Waals surface area (Å²) in [6, 6.07) is 11.8. The van der Waals surface area contributed by atoms with Crippen molar-refractivity contribution >= 4 is 51.2 Å². The molecule has 0 bridgehead atoms. The number of carbonyl (C=O) groups excluding carboxylic acids is 1. The van der Waals surface area contributed by atoms with Crippen LogP contribution in [0.1, 0.15) is 18.4 Å². The van der Waals surface area contributed by atoms with E-state index in [1.807, 2.05) is 43.3 Å². The van der Waals surface area contributed by atoms with Crippen LogP contribution in [0.15, 0.2) is 36.4 Å². The molecule has 0 spiro atoms. The molecule has 0 aliphatic carbocycles. The summed E-state index contributed by atoms with van der Waals surface area (Å²) < 4.78 is 0. The summed E-state index contributed by atoms with van der Waals surface area (Å²) in [7, 11) is 0. The van der Waals surface area contributed by atoms with Crippen molar-refractivity contribution in [3.63, 3.8) is 0 Å². The normalized spacial score (nSPS) is 13.0. The van der Waals surface area contributed by atoms with Crippen LogP contribution >= 0.6 is 24.2 Å². The van der Waals surface area contributed by atoms with Crippen molar-refractivity contribution in [3.8, 4) is 0 Å². The van der Waals surface area contributed by atoms with E-state index in [1.165, 1.54) is 0 Å². The lowest BCUT2D eigenvalue weighted by atomic mass is 10.0. The van der Waals surface area contributed by atoms with Gasteiger partial charge in [-0.05, 0) is 29.8 Å². The summed E-state index contributed by atoms with van der Waals surface area (Å²) in [4.78, 5) is 14.7. The zero-order valence-electron chi connectivity index (χ0n) is 10.3. The molecule has 2 aromatic carbocycles. The third kappa shape index (κ3) is 2.13. The maximum absolute atomic E-state index is 11.3. The molecule has 4 heteroatoms. The zero-order valence-corrected chi connectivity index (χ0v) is 11.9. The molecule has 3 aromatic rings. The van der Waals surface area contributed by atoms with Gasteiger partial charge in [0.05, 0.1) is 5.92 Å². The van der Waals surface area contributed by atoms with E-state index in [0.717, 1.165) is 32.4 Å². The Morgan fingerprint density at radius 2 is 1.95 bits per heavy atom. The summed E-state index contributed by atoms with van der Waals surface area (Å²) in [5, 5.41) is 2.80. The Morgan fingerprint density at radius 3 is 2.68 bits per heavy atom. The highest BCUT2D eigenvalue weighted by Crippen LogP contribution is 2.30. The second kappa shape index (κ2) is 4.58. The summed E-state index contributed by atoms with van der Waals surface area (Å²) in [6.45, 7) is 1.86. The Balaban J connectivity index is 2.24. The Labute approximate surface area is 121 Å². The smallest absolute Gasteiger partial charge is 0.193 e. The van der Waals surface area contributed by atoms with E-state index in [2.05, 4.69) is 17.6 Å². The quantitative estimate of drug-likeness (QED) is 0.667. The van der Waals surface area contributed by atoms with Crippen LogP contribution < -0.4 is 0 Å². The Bertz CT molecular complexity index is 793. The highest BCUT2D eigenvalue weighted by Gasteiger charge is 2.13. The van der Waals surface area contributed by atoms with Crippen LogP contribution in [0.5, 0.6) is 0 Å². The molecule has 96 valence electrons. The maximum Gasteiger partial charge on any atom is 0.193 e. The maximum atomic E-state index is 11.3. The molecule has 0 saturated heterocycles. The molecule has 0 aliphatic heterocycles. The first-order chi connectivity index (χ1) is 9.06. The number of hydrogen-bond donors (Lipinski definition) is 2. The van der Waals surface area contributed by atoms with Gasteiger partial charge in [-0.3, -0.25) is 4.79 Å². The number of nitrogens with one attached hydrogen (secondary N) is 1. The van der Waals surface area contributed by atoms with Crippen molar-refractivity contribution in [2.24, 2.45) is 0 Å². The minimum atomic E-state index is -0.206. The summed E-state index contributed by atoms with van der Waals surface area (Å²) in [5.74, 6) is -0.206. The second-order valence-corrected chi connectivity index (χ2v) is 5.56. The van der Waals surface area contributed by atoms with Crippen LogP contribution in [0.4, 0.5) is 0 Å². The zero-order chi connectivity index (χ0) is 13.6. The largest absolute Gasteiger partial charge is 0.355 e. The van der Waals surface area contributed by atoms with Gasteiger partial charge in [0.2, 0.25) is 0 Å². The summed E-state index contributed by atoms with van der Waals surface area (Å²) >= 11 is 9.93. The Kier molecular flexibility index (Phi) is 3.03. The highest BCUT2D eigenvalue weighted by molar-refractivity contribution is 7.96. The molecular formula is C15H12ClNOS. The molecule has 0 radical (unpaired) electrons. The van der Waals surface area contributed by atoms with Crippen molar-refractivity contribution in [2.75, 3.05) is 0 Å². The van der Waals surface area contributed by atoms with E-state index in [0.29, 0.717) is 0 Å². The van der Waals surface area contributed by atoms with Gasteiger partial charge in [-0.25, -0.2) is 0 Å². The molecule has 19 heavy (non-hydrogen) atoms. The molecule has 0 aliphatic rings. The van der Waals surface area contributed by atoms with E-state index in [1.54, 1.807) is 0 Å². The molecule has 0 amide bonds. The summed E-state index contributed by atoms with van der Waals surface area (Å²) in [5.41, 5.74) is 3.02. The van der Waals surface area contributed by atoms with Crippen molar-refractivity contribution in [2.45, 2.75) is 12.8 Å². The van der Waals surface area contributed by atoms with Gasteiger partial charge in [0.1, 0.15) is 0 Å². The number of thiol groups is 1. The Morgan fingerprint density at radius 1 is 1.16 bits per heavy atom. The minimum absolute atomic E-state index is 0.126. The lowest BCUT2D eigenvalue weighted by molar-refractivity contribution is -0.111. The predicted molar refractivity (Wildman–Crippen MR) is 83.2 cm³/mol. The van der Waals surface area contributed by atoms with Crippen LogP contribution in [-0.4, -0.2) is 10.1 Å². The summed E-state index contributed by atoms with van der Waals surface area (Å²) in [6.07, 6.45) is 0. The number of carbonyl (C=O) groups is 1. The first-order valence-electron chi connectivity index (χ1n) is 6.00. The molecule has 3 rings (SSSR count). The number of benzene rings is 2. The minimum Gasteiger partial charge on any atom is -0.355 e. The highest BCUT2D eigenvalue weighted by atomic mass is 35.5. The van der Waals surface area contributed by atoms with Gasteiger partial charge in [-0.1, -0.05) is 30.7 Å². The van der Waals surface area contributed by atoms with Gasteiger partial charge in [-0.2, -0.15) is 0 Å². The first kappa shape index (κ1) is 12.6. The average molecular weight is 290 g/mol. The fraction of sp³-hybridized carbons (Fsp3) is 0.133. The fourth-order valence-corrected chi connectivity index (χ4v) is 2.63. The topological polar surface area (TPSA) is 32.9 Å². The predicted octanol–water partition coefficient (Wildman–Crippen LogP) is 4.53. The number of aromatic nitrogens is 1. The second-order valence-electron chi connectivity index (χ2n) is 4.68. The van der Waals surface area contributed by atoms with Gasteiger partial charge >= 0.3 is 0 Å². The number of rotatable bonds is 2. The van der Waals surface area contributed by atoms with E-state index in [4.69, 9.17) is 11.6 Å². The molecule has 2 nitrogen and oxygen atoms in total. The molecule has 0 saturated carbocycles. The van der Waals surface area contributed by atoms with E-state index < -0.39 is 0 Å². The van der Waals surface area contributed by atoms with E-state index in [-0.39, 0.29) is 11.0 Å². The molecule has 1 N–H and O–H groups in total. The van der Waals surface area contributed by atoms with Crippen molar-refractivity contribution in [1.29, 1.82) is 0 Å². The van der Waals surface area contributed by atoms with Gasteiger partial charge in [0.25, 0.3) is 0 Å². The molecule has 1 aromatic heterocycles. The molecule has 0 fully saturated rings. The van der Waals surface area contributed by atoms with Gasteiger partial charge in [0.15, 0.2) is 5.12 Å². The molecule has 1 atom stereocenters. The van der Waals surface area contributed by atoms with Crippen LogP contribution in [0.25, 0.3) is 21.8 Å². The first-order valence-corrected chi connectivity index (χ1v) is 6.82. The molecule has 1 heterocycles. The van der Waals surface area contributed by atoms with Crippen LogP contribution in [-0.2, 0) is 4.79 Å². The standard InChI is InChI=1S/C15H12ClNOS/c1-8(15(18)19)9-2-4-11-12-7-10(16)3-5-13(12)17-14(11)6-9/h2-8,17H,1H3,(H,18,19)/t8-/m0/s1. The van der Waals surface area contributed by atoms with Crippen molar-refractivity contribution < 1.29 is 4.79 Å². The number of aromatic amines is 1. The number of halogens is 1. The van der Waals surface area contributed by atoms with Gasteiger partial charge < -0.3 is 4.98 Å². The van der Waals surface area contributed by atoms with E-state index >= 15 is 0 Å². The van der Waals surface area contributed by atoms with Crippen molar-refractivity contribution in [3.05, 3.63) is 47.0 Å². The van der Waals surface area contributed by atoms with Gasteiger partial charge in [0, 0.05) is 26.8 Å². The third-order valence-electron chi connectivity index (χ3n) is 3.46. The van der Waals surface area contributed by atoms with Crippen LogP contribution in [0.2, 0.25) is 5.02 Å². The van der Waals surface area contributed by atoms with Crippen LogP contribution in [0.3, 0.4) is 0 Å². The number of fused-ring (bicyclic) bond motifs is 3. The number of H-pyrrole nitrogens is 1. The van der Waals surface area contributed by atoms with E-state index in [9.17, 15) is 4.79 Å². The van der Waals surface area contributed by atoms with Gasteiger partial charge in [-0.15, -0.1) is 12.6 Å². The lowest BCUT2D eigenvalue weighted by Gasteiger charge is -2.06. The fourth-order valence-electron chi connectivity index (χ4n) is 2.31. The Hall–Kier alpha value is -1.45. The molecular weight excluding hydrogens is 278 g/mol. The average Bonchev–Trinajstić information content (AvgIpc) is 2.74. The van der Waals surface area contributed by atoms with Crippen LogP contribution in [0, 0.1) is 0 Å². The third-order valence-corrected chi connectivity index (χ3v) is 4.08. The van der Waals surface area contributed by atoms with Crippen molar-refractivity contribution in [1.82, 2.24) is 4.98 Å².